The summed E-state index contributed by atoms with van der Waals surface area (Å²) in [6, 6.07) is 2.14. The Morgan fingerprint density at radius 2 is 2.04 bits per heavy atom. The van der Waals surface area contributed by atoms with Crippen molar-refractivity contribution in [1.82, 2.24) is 4.90 Å². The van der Waals surface area contributed by atoms with Crippen molar-refractivity contribution in [2.75, 3.05) is 31.6 Å². The monoisotopic (exact) mass is 318 g/mol. The van der Waals surface area contributed by atoms with Gasteiger partial charge in [0, 0.05) is 19.6 Å². The normalized spacial score (nSPS) is 17.3. The van der Waals surface area contributed by atoms with Gasteiger partial charge in [-0.25, -0.2) is 4.79 Å². The number of nitrogens with zero attached hydrogens (tertiary/aromatic N) is 1. The first kappa shape index (κ1) is 16.0. The second kappa shape index (κ2) is 5.95. The Morgan fingerprint density at radius 1 is 1.30 bits per heavy atom. The van der Waals surface area contributed by atoms with Gasteiger partial charge >= 0.3 is 6.09 Å². The van der Waals surface area contributed by atoms with Crippen molar-refractivity contribution in [3.05, 3.63) is 22.8 Å². The summed E-state index contributed by atoms with van der Waals surface area (Å²) in [5, 5.41) is 3.44. The number of fused-ring (bicyclic) bond motifs is 2. The lowest BCUT2D eigenvalue weighted by molar-refractivity contribution is 0.0258. The first-order chi connectivity index (χ1) is 10.8. The molecule has 2 heterocycles. The highest BCUT2D eigenvalue weighted by atomic mass is 16.6. The van der Waals surface area contributed by atoms with Gasteiger partial charge in [0.15, 0.2) is 0 Å². The van der Waals surface area contributed by atoms with Crippen LogP contribution in [0.3, 0.4) is 0 Å². The second-order valence-corrected chi connectivity index (χ2v) is 7.26. The van der Waals surface area contributed by atoms with E-state index in [0.29, 0.717) is 19.7 Å². The summed E-state index contributed by atoms with van der Waals surface area (Å²) >= 11 is 0. The van der Waals surface area contributed by atoms with Crippen molar-refractivity contribution in [3.8, 4) is 5.75 Å². The van der Waals surface area contributed by atoms with Gasteiger partial charge < -0.3 is 19.7 Å². The number of carbonyl (C=O) groups is 1. The van der Waals surface area contributed by atoms with Crippen LogP contribution in [0.25, 0.3) is 0 Å². The van der Waals surface area contributed by atoms with E-state index in [1.54, 1.807) is 0 Å². The maximum atomic E-state index is 12.3. The van der Waals surface area contributed by atoms with Crippen molar-refractivity contribution in [2.24, 2.45) is 0 Å². The number of nitrogens with one attached hydrogen (secondary N) is 1. The van der Waals surface area contributed by atoms with E-state index in [1.807, 2.05) is 25.7 Å². The molecule has 1 N–H and O–H groups in total. The summed E-state index contributed by atoms with van der Waals surface area (Å²) < 4.78 is 11.3. The van der Waals surface area contributed by atoms with Gasteiger partial charge in [0.25, 0.3) is 0 Å². The maximum Gasteiger partial charge on any atom is 0.410 e. The van der Waals surface area contributed by atoms with Crippen LogP contribution in [0.15, 0.2) is 6.07 Å². The Balaban J connectivity index is 1.80. The second-order valence-electron chi connectivity index (χ2n) is 7.26. The highest BCUT2D eigenvalue weighted by molar-refractivity contribution is 5.70. The molecule has 0 bridgehead atoms. The van der Waals surface area contributed by atoms with Crippen LogP contribution in [-0.2, 0) is 17.6 Å². The Hall–Kier alpha value is -1.91. The minimum Gasteiger partial charge on any atom is -0.490 e. The van der Waals surface area contributed by atoms with Crippen LogP contribution in [0.5, 0.6) is 5.75 Å². The number of ether oxygens (including phenoxy) is 2. The van der Waals surface area contributed by atoms with E-state index in [9.17, 15) is 4.79 Å². The van der Waals surface area contributed by atoms with Crippen molar-refractivity contribution < 1.29 is 14.3 Å². The molecule has 0 spiro atoms. The van der Waals surface area contributed by atoms with Crippen molar-refractivity contribution in [2.45, 2.75) is 46.1 Å². The molecule has 5 heteroatoms. The first-order valence-corrected chi connectivity index (χ1v) is 8.35. The summed E-state index contributed by atoms with van der Waals surface area (Å²) in [5.74, 6) is 0.943. The van der Waals surface area contributed by atoms with Crippen molar-refractivity contribution >= 4 is 11.8 Å². The predicted octanol–water partition coefficient (Wildman–Crippen LogP) is 3.14. The van der Waals surface area contributed by atoms with Crippen LogP contribution in [0.2, 0.25) is 0 Å². The zero-order chi connectivity index (χ0) is 16.6. The highest BCUT2D eigenvalue weighted by Crippen LogP contribution is 2.36. The van der Waals surface area contributed by atoms with Crippen LogP contribution in [0.1, 0.15) is 37.5 Å². The molecule has 23 heavy (non-hydrogen) atoms. The van der Waals surface area contributed by atoms with E-state index < -0.39 is 5.60 Å². The molecule has 3 rings (SSSR count). The van der Waals surface area contributed by atoms with E-state index in [1.165, 1.54) is 16.7 Å². The molecule has 0 radical (unpaired) electrons. The topological polar surface area (TPSA) is 50.8 Å². The number of amides is 1. The third kappa shape index (κ3) is 3.38. The molecular formula is C18H26N2O3. The third-order valence-corrected chi connectivity index (χ3v) is 4.36. The maximum absolute atomic E-state index is 12.3. The Kier molecular flexibility index (Phi) is 4.13. The van der Waals surface area contributed by atoms with Crippen LogP contribution in [-0.4, -0.2) is 42.8 Å². The molecule has 126 valence electrons. The molecule has 0 saturated carbocycles. The van der Waals surface area contributed by atoms with Gasteiger partial charge in [-0.2, -0.15) is 0 Å². The quantitative estimate of drug-likeness (QED) is 0.798. The number of benzene rings is 1. The van der Waals surface area contributed by atoms with Gasteiger partial charge in [-0.3, -0.25) is 0 Å². The van der Waals surface area contributed by atoms with Crippen LogP contribution >= 0.6 is 0 Å². The highest BCUT2D eigenvalue weighted by Gasteiger charge is 2.26. The van der Waals surface area contributed by atoms with Gasteiger partial charge in [-0.1, -0.05) is 0 Å². The lowest BCUT2D eigenvalue weighted by atomic mass is 9.95. The third-order valence-electron chi connectivity index (χ3n) is 4.36. The molecule has 2 aliphatic rings. The molecule has 0 fully saturated rings. The van der Waals surface area contributed by atoms with Crippen molar-refractivity contribution in [3.63, 3.8) is 0 Å². The van der Waals surface area contributed by atoms with Crippen LogP contribution in [0, 0.1) is 6.92 Å². The molecular weight excluding hydrogens is 292 g/mol. The molecule has 0 unspecified atom stereocenters. The Morgan fingerprint density at radius 3 is 2.78 bits per heavy atom. The molecule has 0 atom stereocenters. The predicted molar refractivity (Wildman–Crippen MR) is 90.4 cm³/mol. The lowest BCUT2D eigenvalue weighted by Crippen LogP contribution is -2.38. The van der Waals surface area contributed by atoms with Crippen LogP contribution in [0.4, 0.5) is 10.5 Å². The average molecular weight is 318 g/mol. The summed E-state index contributed by atoms with van der Waals surface area (Å²) in [6.07, 6.45) is 1.48. The number of carbonyl (C=O) groups excluding carboxylic acids is 1. The van der Waals surface area contributed by atoms with Gasteiger partial charge in [-0.15, -0.1) is 0 Å². The Bertz CT molecular complexity index is 620. The smallest absolute Gasteiger partial charge is 0.410 e. The molecule has 0 saturated heterocycles. The summed E-state index contributed by atoms with van der Waals surface area (Å²) in [5.41, 5.74) is 4.54. The fourth-order valence-electron chi connectivity index (χ4n) is 3.26. The lowest BCUT2D eigenvalue weighted by Gasteiger charge is -2.26. The fraction of sp³-hybridized carbons (Fsp3) is 0.611. The van der Waals surface area contributed by atoms with E-state index in [2.05, 4.69) is 18.3 Å². The van der Waals surface area contributed by atoms with E-state index in [4.69, 9.17) is 9.47 Å². The molecule has 0 aliphatic carbocycles. The molecule has 2 aliphatic heterocycles. The Labute approximate surface area is 137 Å². The largest absolute Gasteiger partial charge is 0.490 e. The van der Waals surface area contributed by atoms with E-state index in [-0.39, 0.29) is 6.09 Å². The average Bonchev–Trinajstić information content (AvgIpc) is 2.68. The number of rotatable bonds is 0. The number of hydrogen-bond acceptors (Lipinski definition) is 4. The van der Waals surface area contributed by atoms with Gasteiger partial charge in [0.1, 0.15) is 18.0 Å². The van der Waals surface area contributed by atoms with E-state index >= 15 is 0 Å². The molecule has 0 aromatic heterocycles. The zero-order valence-corrected chi connectivity index (χ0v) is 14.5. The van der Waals surface area contributed by atoms with E-state index in [0.717, 1.165) is 30.8 Å². The molecule has 5 nitrogen and oxygen atoms in total. The minimum absolute atomic E-state index is 0.220. The standard InChI is InChI=1S/C18H26N2O3/c1-12-14-6-9-20(17(21)23-18(2,3)4)8-5-13(14)11-15-16(12)19-7-10-22-15/h11,19H,5-10H2,1-4H3. The molecule has 1 amide bonds. The summed E-state index contributed by atoms with van der Waals surface area (Å²) in [4.78, 5) is 14.1. The van der Waals surface area contributed by atoms with Gasteiger partial charge in [0.05, 0.1) is 5.69 Å². The minimum atomic E-state index is -0.455. The first-order valence-electron chi connectivity index (χ1n) is 8.35. The van der Waals surface area contributed by atoms with Crippen LogP contribution < -0.4 is 10.1 Å². The van der Waals surface area contributed by atoms with Gasteiger partial charge in [0.2, 0.25) is 0 Å². The zero-order valence-electron chi connectivity index (χ0n) is 14.5. The summed E-state index contributed by atoms with van der Waals surface area (Å²) in [7, 11) is 0. The SMILES string of the molecule is Cc1c2c(cc3c1NCCO3)CCN(C(=O)OC(C)(C)C)CC2. The number of hydrogen-bond donors (Lipinski definition) is 1. The number of anilines is 1. The summed E-state index contributed by atoms with van der Waals surface area (Å²) in [6.45, 7) is 10.8. The molecule has 1 aromatic carbocycles. The molecule has 1 aromatic rings. The van der Waals surface area contributed by atoms with Gasteiger partial charge in [-0.05, 0) is 63.3 Å². The fourth-order valence-corrected chi connectivity index (χ4v) is 3.26. The van der Waals surface area contributed by atoms with Crippen molar-refractivity contribution in [1.29, 1.82) is 0 Å².